The number of rotatable bonds is 3. The standard InChI is InChI=1S/C15H18FN3O2/c1-3-19-12-5-4-10(16)8-11(12)17-15(19)18-14(20)13-9(2)6-7-21-13/h4-5,8-9,13H,3,6-7H2,1-2H3,(H,17,18,20)/t9-,13-/m1/s1. The van der Waals surface area contributed by atoms with Crippen LogP contribution < -0.4 is 5.32 Å². The van der Waals surface area contributed by atoms with Gasteiger partial charge in [-0.25, -0.2) is 9.37 Å². The zero-order valence-corrected chi connectivity index (χ0v) is 12.1. The van der Waals surface area contributed by atoms with Crippen molar-refractivity contribution in [1.29, 1.82) is 0 Å². The predicted octanol–water partition coefficient (Wildman–Crippen LogP) is 2.56. The van der Waals surface area contributed by atoms with Crippen LogP contribution in [0.2, 0.25) is 0 Å². The summed E-state index contributed by atoms with van der Waals surface area (Å²) >= 11 is 0. The molecule has 0 bridgehead atoms. The van der Waals surface area contributed by atoms with E-state index in [0.29, 0.717) is 24.6 Å². The van der Waals surface area contributed by atoms with Crippen molar-refractivity contribution in [3.8, 4) is 0 Å². The highest BCUT2D eigenvalue weighted by atomic mass is 19.1. The molecule has 2 aromatic rings. The Balaban J connectivity index is 1.91. The fraction of sp³-hybridized carbons (Fsp3) is 0.467. The van der Waals surface area contributed by atoms with E-state index >= 15 is 0 Å². The molecule has 1 amide bonds. The summed E-state index contributed by atoms with van der Waals surface area (Å²) in [6.45, 7) is 5.19. The molecular weight excluding hydrogens is 273 g/mol. The summed E-state index contributed by atoms with van der Waals surface area (Å²) in [5.41, 5.74) is 1.34. The van der Waals surface area contributed by atoms with E-state index in [0.717, 1.165) is 11.9 Å². The van der Waals surface area contributed by atoms with Gasteiger partial charge in [-0.15, -0.1) is 0 Å². The van der Waals surface area contributed by atoms with Crippen molar-refractivity contribution in [2.24, 2.45) is 5.92 Å². The molecule has 1 aromatic carbocycles. The van der Waals surface area contributed by atoms with Gasteiger partial charge in [0.15, 0.2) is 0 Å². The molecule has 0 unspecified atom stereocenters. The molecule has 1 aliphatic heterocycles. The van der Waals surface area contributed by atoms with Gasteiger partial charge in [0.05, 0.1) is 11.0 Å². The second-order valence-corrected chi connectivity index (χ2v) is 5.36. The predicted molar refractivity (Wildman–Crippen MR) is 77.5 cm³/mol. The SMILES string of the molecule is CCn1c(NC(=O)[C@@H]2OCC[C@H]2C)nc2cc(F)ccc21. The number of ether oxygens (including phenoxy) is 1. The van der Waals surface area contributed by atoms with E-state index in [1.807, 2.05) is 18.4 Å². The van der Waals surface area contributed by atoms with E-state index in [2.05, 4.69) is 10.3 Å². The van der Waals surface area contributed by atoms with Crippen LogP contribution in [0, 0.1) is 11.7 Å². The quantitative estimate of drug-likeness (QED) is 0.945. The number of hydrogen-bond acceptors (Lipinski definition) is 3. The van der Waals surface area contributed by atoms with Gasteiger partial charge in [0, 0.05) is 19.2 Å². The number of benzene rings is 1. The lowest BCUT2D eigenvalue weighted by Crippen LogP contribution is -2.32. The van der Waals surface area contributed by atoms with Crippen molar-refractivity contribution in [2.45, 2.75) is 32.9 Å². The van der Waals surface area contributed by atoms with Crippen LogP contribution in [0.15, 0.2) is 18.2 Å². The number of anilines is 1. The second kappa shape index (κ2) is 5.44. The van der Waals surface area contributed by atoms with Crippen molar-refractivity contribution < 1.29 is 13.9 Å². The maximum absolute atomic E-state index is 13.3. The third-order valence-corrected chi connectivity index (χ3v) is 3.91. The van der Waals surface area contributed by atoms with Gasteiger partial charge in [0.1, 0.15) is 11.9 Å². The van der Waals surface area contributed by atoms with Gasteiger partial charge in [0.2, 0.25) is 5.95 Å². The first-order chi connectivity index (χ1) is 10.1. The van der Waals surface area contributed by atoms with E-state index in [-0.39, 0.29) is 17.6 Å². The van der Waals surface area contributed by atoms with Gasteiger partial charge >= 0.3 is 0 Å². The molecule has 5 nitrogen and oxygen atoms in total. The molecule has 0 radical (unpaired) electrons. The van der Waals surface area contributed by atoms with Crippen molar-refractivity contribution in [3.63, 3.8) is 0 Å². The highest BCUT2D eigenvalue weighted by molar-refractivity contribution is 5.94. The van der Waals surface area contributed by atoms with Crippen LogP contribution in [0.25, 0.3) is 11.0 Å². The Morgan fingerprint density at radius 3 is 3.05 bits per heavy atom. The van der Waals surface area contributed by atoms with Crippen LogP contribution >= 0.6 is 0 Å². The maximum atomic E-state index is 13.3. The van der Waals surface area contributed by atoms with Crippen molar-refractivity contribution in [1.82, 2.24) is 9.55 Å². The first-order valence-corrected chi connectivity index (χ1v) is 7.18. The normalized spacial score (nSPS) is 21.9. The molecule has 1 N–H and O–H groups in total. The minimum atomic E-state index is -0.438. The number of fused-ring (bicyclic) bond motifs is 1. The van der Waals surface area contributed by atoms with Gasteiger partial charge in [-0.3, -0.25) is 10.1 Å². The third kappa shape index (κ3) is 2.51. The molecule has 0 saturated carbocycles. The topological polar surface area (TPSA) is 56.2 Å². The lowest BCUT2D eigenvalue weighted by Gasteiger charge is -2.14. The molecule has 6 heteroatoms. The Hall–Kier alpha value is -1.95. The summed E-state index contributed by atoms with van der Waals surface area (Å²) in [4.78, 5) is 16.6. The molecule has 21 heavy (non-hydrogen) atoms. The highest BCUT2D eigenvalue weighted by Crippen LogP contribution is 2.24. The minimum Gasteiger partial charge on any atom is -0.368 e. The summed E-state index contributed by atoms with van der Waals surface area (Å²) < 4.78 is 20.6. The first-order valence-electron chi connectivity index (χ1n) is 7.18. The molecule has 1 aliphatic rings. The first kappa shape index (κ1) is 14.0. The molecule has 0 aliphatic carbocycles. The van der Waals surface area contributed by atoms with Crippen molar-refractivity contribution >= 4 is 22.9 Å². The van der Waals surface area contributed by atoms with Crippen LogP contribution in [-0.2, 0) is 16.1 Å². The van der Waals surface area contributed by atoms with Crippen LogP contribution in [0.4, 0.5) is 10.3 Å². The molecule has 0 spiro atoms. The number of nitrogens with zero attached hydrogens (tertiary/aromatic N) is 2. The van der Waals surface area contributed by atoms with Crippen LogP contribution in [0.3, 0.4) is 0 Å². The Bertz CT molecular complexity index is 683. The number of aromatic nitrogens is 2. The molecule has 112 valence electrons. The summed E-state index contributed by atoms with van der Waals surface area (Å²) in [6, 6.07) is 4.43. The van der Waals surface area contributed by atoms with Gasteiger partial charge in [0.25, 0.3) is 5.91 Å². The van der Waals surface area contributed by atoms with Gasteiger partial charge < -0.3 is 9.30 Å². The summed E-state index contributed by atoms with van der Waals surface area (Å²) in [5, 5.41) is 2.81. The van der Waals surface area contributed by atoms with Gasteiger partial charge in [-0.1, -0.05) is 6.92 Å². The second-order valence-electron chi connectivity index (χ2n) is 5.36. The highest BCUT2D eigenvalue weighted by Gasteiger charge is 2.31. The van der Waals surface area contributed by atoms with E-state index in [9.17, 15) is 9.18 Å². The lowest BCUT2D eigenvalue weighted by atomic mass is 10.0. The number of carbonyl (C=O) groups is 1. The Morgan fingerprint density at radius 2 is 2.38 bits per heavy atom. The average Bonchev–Trinajstić information content (AvgIpc) is 3.01. The summed E-state index contributed by atoms with van der Waals surface area (Å²) in [7, 11) is 0. The Labute approximate surface area is 122 Å². The number of aryl methyl sites for hydroxylation is 1. The summed E-state index contributed by atoms with van der Waals surface area (Å²) in [6.07, 6.45) is 0.444. The van der Waals surface area contributed by atoms with Gasteiger partial charge in [-0.05, 0) is 31.4 Å². The monoisotopic (exact) mass is 291 g/mol. The van der Waals surface area contributed by atoms with E-state index in [1.54, 1.807) is 6.07 Å². The molecule has 1 saturated heterocycles. The average molecular weight is 291 g/mol. The number of amides is 1. The molecular formula is C15H18FN3O2. The zero-order valence-electron chi connectivity index (χ0n) is 12.1. The third-order valence-electron chi connectivity index (χ3n) is 3.91. The summed E-state index contributed by atoms with van der Waals surface area (Å²) in [5.74, 6) is 0.104. The number of nitrogens with one attached hydrogen (secondary N) is 1. The molecule has 2 atom stereocenters. The number of hydrogen-bond donors (Lipinski definition) is 1. The van der Waals surface area contributed by atoms with E-state index in [1.165, 1.54) is 12.1 Å². The Kier molecular flexibility index (Phi) is 3.63. The lowest BCUT2D eigenvalue weighted by molar-refractivity contribution is -0.126. The minimum absolute atomic E-state index is 0.189. The van der Waals surface area contributed by atoms with Crippen LogP contribution in [0.1, 0.15) is 20.3 Å². The van der Waals surface area contributed by atoms with Crippen LogP contribution in [0.5, 0.6) is 0 Å². The van der Waals surface area contributed by atoms with E-state index in [4.69, 9.17) is 4.74 Å². The Morgan fingerprint density at radius 1 is 1.57 bits per heavy atom. The number of carbonyl (C=O) groups excluding carboxylic acids is 1. The van der Waals surface area contributed by atoms with Crippen LogP contribution in [-0.4, -0.2) is 28.2 Å². The maximum Gasteiger partial charge on any atom is 0.256 e. The van der Waals surface area contributed by atoms with Crippen molar-refractivity contribution in [2.75, 3.05) is 11.9 Å². The fourth-order valence-corrected chi connectivity index (χ4v) is 2.73. The largest absolute Gasteiger partial charge is 0.368 e. The van der Waals surface area contributed by atoms with E-state index < -0.39 is 6.10 Å². The molecule has 2 heterocycles. The molecule has 3 rings (SSSR count). The molecule has 1 fully saturated rings. The zero-order chi connectivity index (χ0) is 15.0. The van der Waals surface area contributed by atoms with Gasteiger partial charge in [-0.2, -0.15) is 0 Å². The molecule has 1 aromatic heterocycles. The number of imidazole rings is 1. The van der Waals surface area contributed by atoms with Crippen molar-refractivity contribution in [3.05, 3.63) is 24.0 Å². The fourth-order valence-electron chi connectivity index (χ4n) is 2.73. The smallest absolute Gasteiger partial charge is 0.256 e. The number of halogens is 1.